The number of hydrogen-bond acceptors (Lipinski definition) is 2. The van der Waals surface area contributed by atoms with Crippen LogP contribution in [-0.2, 0) is 0 Å². The first-order chi connectivity index (χ1) is 9.61. The van der Waals surface area contributed by atoms with E-state index in [-0.39, 0.29) is 0 Å². The standard InChI is InChI=1S/C17H27ClN2/c1-4-5-8-19-9-11-20(12-10-19)15-6-7-16(14(2)3)17(18)13-15/h6-7,13-14H,4-5,8-12H2,1-3H3. The average Bonchev–Trinajstić information content (AvgIpc) is 2.45. The maximum Gasteiger partial charge on any atom is 0.0461 e. The van der Waals surface area contributed by atoms with Gasteiger partial charge in [-0.15, -0.1) is 0 Å². The van der Waals surface area contributed by atoms with Crippen molar-refractivity contribution in [3.05, 3.63) is 28.8 Å². The molecular weight excluding hydrogens is 268 g/mol. The first-order valence-corrected chi connectivity index (χ1v) is 8.26. The van der Waals surface area contributed by atoms with Crippen LogP contribution in [0.15, 0.2) is 18.2 Å². The fourth-order valence-corrected chi connectivity index (χ4v) is 3.19. The second-order valence-electron chi connectivity index (χ2n) is 6.04. The van der Waals surface area contributed by atoms with Crippen molar-refractivity contribution in [1.82, 2.24) is 4.90 Å². The lowest BCUT2D eigenvalue weighted by atomic mass is 10.0. The smallest absolute Gasteiger partial charge is 0.0461 e. The van der Waals surface area contributed by atoms with E-state index in [0.29, 0.717) is 5.92 Å². The highest BCUT2D eigenvalue weighted by Crippen LogP contribution is 2.29. The Balaban J connectivity index is 1.95. The van der Waals surface area contributed by atoms with Gasteiger partial charge in [0.15, 0.2) is 0 Å². The molecule has 0 radical (unpaired) electrons. The third kappa shape index (κ3) is 3.89. The molecule has 0 spiro atoms. The predicted octanol–water partition coefficient (Wildman–Crippen LogP) is 4.39. The molecule has 3 heteroatoms. The van der Waals surface area contributed by atoms with Crippen LogP contribution < -0.4 is 4.90 Å². The summed E-state index contributed by atoms with van der Waals surface area (Å²) in [7, 11) is 0. The molecule has 0 saturated carbocycles. The lowest BCUT2D eigenvalue weighted by Crippen LogP contribution is -2.46. The number of benzene rings is 1. The molecule has 0 amide bonds. The van der Waals surface area contributed by atoms with Gasteiger partial charge in [-0.25, -0.2) is 0 Å². The van der Waals surface area contributed by atoms with Crippen LogP contribution in [0.4, 0.5) is 5.69 Å². The fourth-order valence-electron chi connectivity index (χ4n) is 2.79. The zero-order valence-corrected chi connectivity index (χ0v) is 13.8. The summed E-state index contributed by atoms with van der Waals surface area (Å²) in [6.45, 7) is 12.4. The number of halogens is 1. The average molecular weight is 295 g/mol. The molecule has 2 nitrogen and oxygen atoms in total. The van der Waals surface area contributed by atoms with E-state index < -0.39 is 0 Å². The first kappa shape index (κ1) is 15.7. The maximum absolute atomic E-state index is 6.40. The Morgan fingerprint density at radius 1 is 1.15 bits per heavy atom. The molecule has 1 aliphatic rings. The lowest BCUT2D eigenvalue weighted by molar-refractivity contribution is 0.254. The predicted molar refractivity (Wildman–Crippen MR) is 89.1 cm³/mol. The fraction of sp³-hybridized carbons (Fsp3) is 0.647. The maximum atomic E-state index is 6.40. The van der Waals surface area contributed by atoms with Crippen molar-refractivity contribution in [2.24, 2.45) is 0 Å². The zero-order chi connectivity index (χ0) is 14.5. The minimum absolute atomic E-state index is 0.488. The van der Waals surface area contributed by atoms with Gasteiger partial charge in [0, 0.05) is 36.9 Å². The van der Waals surface area contributed by atoms with Crippen LogP contribution in [0.1, 0.15) is 45.1 Å². The molecule has 0 bridgehead atoms. The molecule has 1 aromatic carbocycles. The van der Waals surface area contributed by atoms with E-state index in [1.165, 1.54) is 43.7 Å². The van der Waals surface area contributed by atoms with Crippen LogP contribution in [0.25, 0.3) is 0 Å². The normalized spacial score (nSPS) is 16.9. The lowest BCUT2D eigenvalue weighted by Gasteiger charge is -2.36. The summed E-state index contributed by atoms with van der Waals surface area (Å²) in [4.78, 5) is 5.03. The van der Waals surface area contributed by atoms with Crippen LogP contribution in [0, 0.1) is 0 Å². The summed E-state index contributed by atoms with van der Waals surface area (Å²) >= 11 is 6.40. The van der Waals surface area contributed by atoms with Crippen LogP contribution >= 0.6 is 11.6 Å². The third-order valence-electron chi connectivity index (χ3n) is 4.17. The Morgan fingerprint density at radius 2 is 1.85 bits per heavy atom. The molecule has 1 aliphatic heterocycles. The largest absolute Gasteiger partial charge is 0.369 e. The van der Waals surface area contributed by atoms with Crippen molar-refractivity contribution in [3.63, 3.8) is 0 Å². The van der Waals surface area contributed by atoms with Gasteiger partial charge >= 0.3 is 0 Å². The second-order valence-corrected chi connectivity index (χ2v) is 6.45. The quantitative estimate of drug-likeness (QED) is 0.795. The van der Waals surface area contributed by atoms with E-state index in [2.05, 4.69) is 48.8 Å². The van der Waals surface area contributed by atoms with Gasteiger partial charge in [0.2, 0.25) is 0 Å². The van der Waals surface area contributed by atoms with Gasteiger partial charge in [-0.3, -0.25) is 4.90 Å². The number of piperazine rings is 1. The van der Waals surface area contributed by atoms with Crippen molar-refractivity contribution in [2.45, 2.75) is 39.5 Å². The van der Waals surface area contributed by atoms with Crippen molar-refractivity contribution in [1.29, 1.82) is 0 Å². The van der Waals surface area contributed by atoms with Gasteiger partial charge in [0.1, 0.15) is 0 Å². The van der Waals surface area contributed by atoms with Crippen LogP contribution in [0.3, 0.4) is 0 Å². The summed E-state index contributed by atoms with van der Waals surface area (Å²) in [6.07, 6.45) is 2.60. The van der Waals surface area contributed by atoms with E-state index >= 15 is 0 Å². The zero-order valence-electron chi connectivity index (χ0n) is 13.0. The highest BCUT2D eigenvalue weighted by atomic mass is 35.5. The minimum Gasteiger partial charge on any atom is -0.369 e. The Labute approximate surface area is 128 Å². The summed E-state index contributed by atoms with van der Waals surface area (Å²) in [5.41, 5.74) is 2.52. The van der Waals surface area contributed by atoms with Gasteiger partial charge in [0.05, 0.1) is 0 Å². The summed E-state index contributed by atoms with van der Waals surface area (Å²) in [5.74, 6) is 0.488. The SMILES string of the molecule is CCCCN1CCN(c2ccc(C(C)C)c(Cl)c2)CC1. The van der Waals surface area contributed by atoms with E-state index in [9.17, 15) is 0 Å². The Morgan fingerprint density at radius 3 is 2.40 bits per heavy atom. The molecular formula is C17H27ClN2. The van der Waals surface area contributed by atoms with Crippen molar-refractivity contribution in [3.8, 4) is 0 Å². The molecule has 112 valence electrons. The molecule has 2 rings (SSSR count). The first-order valence-electron chi connectivity index (χ1n) is 7.88. The van der Waals surface area contributed by atoms with Crippen molar-refractivity contribution >= 4 is 17.3 Å². The van der Waals surface area contributed by atoms with E-state index in [1.54, 1.807) is 0 Å². The number of rotatable bonds is 5. The third-order valence-corrected chi connectivity index (χ3v) is 4.50. The van der Waals surface area contributed by atoms with E-state index in [4.69, 9.17) is 11.6 Å². The van der Waals surface area contributed by atoms with E-state index in [0.717, 1.165) is 18.1 Å². The molecule has 20 heavy (non-hydrogen) atoms. The molecule has 1 aromatic rings. The molecule has 1 fully saturated rings. The number of nitrogens with zero attached hydrogens (tertiary/aromatic N) is 2. The topological polar surface area (TPSA) is 6.48 Å². The summed E-state index contributed by atoms with van der Waals surface area (Å²) in [5, 5.41) is 0.908. The monoisotopic (exact) mass is 294 g/mol. The minimum atomic E-state index is 0.488. The van der Waals surface area contributed by atoms with E-state index in [1.807, 2.05) is 0 Å². The highest BCUT2D eigenvalue weighted by molar-refractivity contribution is 6.31. The second kappa shape index (κ2) is 7.33. The van der Waals surface area contributed by atoms with Crippen molar-refractivity contribution < 1.29 is 0 Å². The molecule has 0 atom stereocenters. The molecule has 1 heterocycles. The van der Waals surface area contributed by atoms with Crippen molar-refractivity contribution in [2.75, 3.05) is 37.6 Å². The number of anilines is 1. The molecule has 0 N–H and O–H groups in total. The van der Waals surface area contributed by atoms with Gasteiger partial charge < -0.3 is 4.90 Å². The van der Waals surface area contributed by atoms with Gasteiger partial charge in [-0.05, 0) is 36.6 Å². The Kier molecular flexibility index (Phi) is 5.74. The molecule has 1 saturated heterocycles. The summed E-state index contributed by atoms with van der Waals surface area (Å²) < 4.78 is 0. The summed E-state index contributed by atoms with van der Waals surface area (Å²) in [6, 6.07) is 6.55. The molecule has 0 unspecified atom stereocenters. The van der Waals surface area contributed by atoms with Crippen LogP contribution in [-0.4, -0.2) is 37.6 Å². The number of hydrogen-bond donors (Lipinski definition) is 0. The molecule has 0 aromatic heterocycles. The Bertz CT molecular complexity index is 423. The molecule has 0 aliphatic carbocycles. The Hall–Kier alpha value is -0.730. The van der Waals surface area contributed by atoms with Gasteiger partial charge in [-0.1, -0.05) is 44.9 Å². The number of unbranched alkanes of at least 4 members (excludes halogenated alkanes) is 1. The van der Waals surface area contributed by atoms with Gasteiger partial charge in [0.25, 0.3) is 0 Å². The highest BCUT2D eigenvalue weighted by Gasteiger charge is 2.17. The van der Waals surface area contributed by atoms with Gasteiger partial charge in [-0.2, -0.15) is 0 Å². The van der Waals surface area contributed by atoms with Crippen LogP contribution in [0.5, 0.6) is 0 Å². The van der Waals surface area contributed by atoms with Crippen LogP contribution in [0.2, 0.25) is 5.02 Å².